The van der Waals surface area contributed by atoms with Crippen molar-refractivity contribution in [2.75, 3.05) is 20.2 Å². The molecule has 2 aromatic carbocycles. The molecule has 5 heteroatoms. The fraction of sp³-hybridized carbons (Fsp3) is 0.286. The summed E-state index contributed by atoms with van der Waals surface area (Å²) in [5, 5.41) is 0.947. The second kappa shape index (κ2) is 6.84. The molecule has 2 heterocycles. The van der Waals surface area contributed by atoms with E-state index in [2.05, 4.69) is 12.1 Å². The standard InChI is InChI=1S/C21H22N2O3/c1-25-16-7-8-17-15(13-26-20(17)10-16)9-21(24)23-11-18(19(22)12-23)14-5-3-2-4-6-14/h2-8,10,13,18-19H,9,11-12,22H2,1H3/t18-,19+/m0/s1. The Labute approximate surface area is 152 Å². The highest BCUT2D eigenvalue weighted by Gasteiger charge is 2.33. The summed E-state index contributed by atoms with van der Waals surface area (Å²) in [5.74, 6) is 1.00. The molecule has 1 amide bonds. The first-order valence-electron chi connectivity index (χ1n) is 8.78. The van der Waals surface area contributed by atoms with E-state index in [0.29, 0.717) is 19.5 Å². The topological polar surface area (TPSA) is 68.7 Å². The molecule has 0 aliphatic carbocycles. The molecule has 1 aromatic heterocycles. The number of ether oxygens (including phenoxy) is 1. The van der Waals surface area contributed by atoms with E-state index in [4.69, 9.17) is 14.9 Å². The number of hydrogen-bond donors (Lipinski definition) is 1. The van der Waals surface area contributed by atoms with E-state index in [1.807, 2.05) is 41.3 Å². The summed E-state index contributed by atoms with van der Waals surface area (Å²) in [4.78, 5) is 14.7. The number of methoxy groups -OCH3 is 1. The molecule has 0 saturated carbocycles. The van der Waals surface area contributed by atoms with E-state index in [1.165, 1.54) is 5.56 Å². The summed E-state index contributed by atoms with van der Waals surface area (Å²) in [5.41, 5.74) is 9.12. The zero-order valence-corrected chi connectivity index (χ0v) is 14.7. The highest BCUT2D eigenvalue weighted by Crippen LogP contribution is 2.29. The van der Waals surface area contributed by atoms with Gasteiger partial charge in [-0.2, -0.15) is 0 Å². The Balaban J connectivity index is 1.49. The van der Waals surface area contributed by atoms with Gasteiger partial charge >= 0.3 is 0 Å². The van der Waals surface area contributed by atoms with E-state index in [9.17, 15) is 4.79 Å². The van der Waals surface area contributed by atoms with Gasteiger partial charge in [-0.05, 0) is 17.7 Å². The van der Waals surface area contributed by atoms with Crippen LogP contribution in [0.2, 0.25) is 0 Å². The molecule has 0 spiro atoms. The van der Waals surface area contributed by atoms with Crippen molar-refractivity contribution in [1.82, 2.24) is 4.90 Å². The first-order valence-corrected chi connectivity index (χ1v) is 8.78. The number of fused-ring (bicyclic) bond motifs is 1. The number of nitrogens with zero attached hydrogens (tertiary/aromatic N) is 1. The van der Waals surface area contributed by atoms with Crippen molar-refractivity contribution < 1.29 is 13.9 Å². The Kier molecular flexibility index (Phi) is 4.39. The summed E-state index contributed by atoms with van der Waals surface area (Å²) in [6.07, 6.45) is 1.97. The fourth-order valence-electron chi connectivity index (χ4n) is 3.69. The van der Waals surface area contributed by atoms with Crippen LogP contribution in [-0.4, -0.2) is 37.0 Å². The fourth-order valence-corrected chi connectivity index (χ4v) is 3.69. The number of nitrogens with two attached hydrogens (primary N) is 1. The van der Waals surface area contributed by atoms with Gasteiger partial charge in [0.1, 0.15) is 11.3 Å². The second-order valence-corrected chi connectivity index (χ2v) is 6.78. The zero-order chi connectivity index (χ0) is 18.1. The van der Waals surface area contributed by atoms with E-state index in [-0.39, 0.29) is 17.9 Å². The lowest BCUT2D eigenvalue weighted by atomic mass is 9.95. The average Bonchev–Trinajstić information content (AvgIpc) is 3.25. The zero-order valence-electron chi connectivity index (χ0n) is 14.7. The number of furan rings is 1. The third kappa shape index (κ3) is 3.06. The maximum atomic E-state index is 12.8. The molecule has 1 saturated heterocycles. The van der Waals surface area contributed by atoms with Gasteiger partial charge in [0.2, 0.25) is 5.91 Å². The minimum absolute atomic E-state index is 0.0355. The second-order valence-electron chi connectivity index (χ2n) is 6.78. The third-order valence-electron chi connectivity index (χ3n) is 5.15. The lowest BCUT2D eigenvalue weighted by Crippen LogP contribution is -2.33. The maximum absolute atomic E-state index is 12.8. The highest BCUT2D eigenvalue weighted by atomic mass is 16.5. The summed E-state index contributed by atoms with van der Waals surface area (Å²) in [6, 6.07) is 15.8. The molecule has 3 aromatic rings. The summed E-state index contributed by atoms with van der Waals surface area (Å²) >= 11 is 0. The van der Waals surface area contributed by atoms with Crippen LogP contribution in [-0.2, 0) is 11.2 Å². The molecule has 1 fully saturated rings. The van der Waals surface area contributed by atoms with E-state index in [1.54, 1.807) is 13.4 Å². The van der Waals surface area contributed by atoms with E-state index < -0.39 is 0 Å². The summed E-state index contributed by atoms with van der Waals surface area (Å²) in [7, 11) is 1.62. The molecule has 0 unspecified atom stereocenters. The molecule has 0 radical (unpaired) electrons. The minimum Gasteiger partial charge on any atom is -0.497 e. The van der Waals surface area contributed by atoms with E-state index in [0.717, 1.165) is 22.3 Å². The van der Waals surface area contributed by atoms with Gasteiger partial charge in [0.05, 0.1) is 19.8 Å². The van der Waals surface area contributed by atoms with Crippen LogP contribution in [0, 0.1) is 0 Å². The van der Waals surface area contributed by atoms with Crippen LogP contribution < -0.4 is 10.5 Å². The van der Waals surface area contributed by atoms with E-state index >= 15 is 0 Å². The number of hydrogen-bond acceptors (Lipinski definition) is 4. The molecule has 26 heavy (non-hydrogen) atoms. The summed E-state index contributed by atoms with van der Waals surface area (Å²) < 4.78 is 10.8. The number of carbonyl (C=O) groups excluding carboxylic acids is 1. The molecule has 134 valence electrons. The minimum atomic E-state index is -0.0355. The first-order chi connectivity index (χ1) is 12.7. The van der Waals surface area contributed by atoms with Gasteiger partial charge in [0, 0.05) is 42.1 Å². The van der Waals surface area contributed by atoms with Gasteiger partial charge < -0.3 is 19.8 Å². The van der Waals surface area contributed by atoms with Crippen LogP contribution in [0.3, 0.4) is 0 Å². The SMILES string of the molecule is COc1ccc2c(CC(=O)N3C[C@@H](N)[C@H](c4ccccc4)C3)coc2c1. The lowest BCUT2D eigenvalue weighted by Gasteiger charge is -2.16. The third-order valence-corrected chi connectivity index (χ3v) is 5.15. The average molecular weight is 350 g/mol. The van der Waals surface area contributed by atoms with Crippen molar-refractivity contribution in [3.8, 4) is 5.75 Å². The molecule has 1 aliphatic rings. The van der Waals surface area contributed by atoms with Crippen LogP contribution in [0.5, 0.6) is 5.75 Å². The quantitative estimate of drug-likeness (QED) is 0.785. The Morgan fingerprint density at radius 3 is 2.81 bits per heavy atom. The molecule has 4 rings (SSSR count). The van der Waals surface area contributed by atoms with Gasteiger partial charge in [0.15, 0.2) is 0 Å². The van der Waals surface area contributed by atoms with Crippen molar-refractivity contribution in [3.63, 3.8) is 0 Å². The molecule has 0 bridgehead atoms. The summed E-state index contributed by atoms with van der Waals surface area (Å²) in [6.45, 7) is 1.25. The molecule has 1 aliphatic heterocycles. The predicted octanol–water partition coefficient (Wildman–Crippen LogP) is 2.94. The Morgan fingerprint density at radius 1 is 1.23 bits per heavy atom. The predicted molar refractivity (Wildman–Crippen MR) is 100 cm³/mol. The van der Waals surface area contributed by atoms with Crippen LogP contribution in [0.1, 0.15) is 17.0 Å². The smallest absolute Gasteiger partial charge is 0.227 e. The van der Waals surface area contributed by atoms with Crippen molar-refractivity contribution in [1.29, 1.82) is 0 Å². The molecular formula is C21H22N2O3. The number of likely N-dealkylation sites (tertiary alicyclic amines) is 1. The van der Waals surface area contributed by atoms with Crippen molar-refractivity contribution in [2.24, 2.45) is 5.73 Å². The molecular weight excluding hydrogens is 328 g/mol. The van der Waals surface area contributed by atoms with Gasteiger partial charge in [-0.1, -0.05) is 30.3 Å². The molecule has 5 nitrogen and oxygen atoms in total. The van der Waals surface area contributed by atoms with Crippen molar-refractivity contribution in [2.45, 2.75) is 18.4 Å². The number of rotatable bonds is 4. The van der Waals surface area contributed by atoms with Gasteiger partial charge in [-0.25, -0.2) is 0 Å². The van der Waals surface area contributed by atoms with Crippen LogP contribution >= 0.6 is 0 Å². The van der Waals surface area contributed by atoms with Gasteiger partial charge in [0.25, 0.3) is 0 Å². The molecule has 2 N–H and O–H groups in total. The van der Waals surface area contributed by atoms with Crippen molar-refractivity contribution >= 4 is 16.9 Å². The number of benzene rings is 2. The van der Waals surface area contributed by atoms with Crippen LogP contribution in [0.25, 0.3) is 11.0 Å². The van der Waals surface area contributed by atoms with Crippen molar-refractivity contribution in [3.05, 3.63) is 65.9 Å². The Bertz CT molecular complexity index is 919. The number of carbonyl (C=O) groups is 1. The Morgan fingerprint density at radius 2 is 2.04 bits per heavy atom. The number of amides is 1. The first kappa shape index (κ1) is 16.7. The Hall–Kier alpha value is -2.79. The van der Waals surface area contributed by atoms with Crippen LogP contribution in [0.4, 0.5) is 0 Å². The highest BCUT2D eigenvalue weighted by molar-refractivity contribution is 5.88. The monoisotopic (exact) mass is 350 g/mol. The van der Waals surface area contributed by atoms with Crippen LogP contribution in [0.15, 0.2) is 59.2 Å². The van der Waals surface area contributed by atoms with Gasteiger partial charge in [-0.15, -0.1) is 0 Å². The van der Waals surface area contributed by atoms with Gasteiger partial charge in [-0.3, -0.25) is 4.79 Å². The normalized spacial score (nSPS) is 19.8. The maximum Gasteiger partial charge on any atom is 0.227 e. The lowest BCUT2D eigenvalue weighted by molar-refractivity contribution is -0.129. The molecule has 2 atom stereocenters. The largest absolute Gasteiger partial charge is 0.497 e.